The summed E-state index contributed by atoms with van der Waals surface area (Å²) in [5, 5.41) is 10.1. The van der Waals surface area contributed by atoms with Gasteiger partial charge in [-0.05, 0) is 0 Å². The Morgan fingerprint density at radius 1 is 1.11 bits per heavy atom. The van der Waals surface area contributed by atoms with Gasteiger partial charge in [0, 0.05) is 6.42 Å². The maximum absolute atomic E-state index is 11.6. The quantitative estimate of drug-likeness (QED) is 0.176. The molecule has 0 aromatic carbocycles. The molecule has 1 aliphatic rings. The summed E-state index contributed by atoms with van der Waals surface area (Å²) in [5.74, 6) is -0.160. The van der Waals surface area contributed by atoms with E-state index in [0.29, 0.717) is 0 Å². The van der Waals surface area contributed by atoms with Crippen LogP contribution in [0.2, 0.25) is 5.15 Å². The van der Waals surface area contributed by atoms with Gasteiger partial charge in [0.15, 0.2) is 10.8 Å². The number of imidazole rings is 1. The maximum atomic E-state index is 11.6. The number of anilines is 1. The van der Waals surface area contributed by atoms with Gasteiger partial charge in [-0.2, -0.15) is 9.97 Å². The van der Waals surface area contributed by atoms with Gasteiger partial charge < -0.3 is 44.2 Å². The van der Waals surface area contributed by atoms with Crippen molar-refractivity contribution < 1.29 is 132 Å². The van der Waals surface area contributed by atoms with Crippen LogP contribution < -0.4 is 101 Å². The van der Waals surface area contributed by atoms with E-state index in [4.69, 9.17) is 22.1 Å². The number of fused-ring (bicyclic) bond motifs is 1. The van der Waals surface area contributed by atoms with Crippen LogP contribution in [0.5, 0.6) is 0 Å². The van der Waals surface area contributed by atoms with Crippen LogP contribution in [-0.2, 0) is 31.6 Å². The molecule has 1 aliphatic heterocycles. The second-order valence-electron chi connectivity index (χ2n) is 5.93. The number of phosphoric ester groups is 1. The number of nitrogens with zero attached hydrogens (tertiary/aromatic N) is 4. The Bertz CT molecular complexity index is 1140. The van der Waals surface area contributed by atoms with Gasteiger partial charge in [0.1, 0.15) is 17.8 Å². The van der Waals surface area contributed by atoms with Crippen LogP contribution in [0.1, 0.15) is 12.6 Å². The molecule has 35 heavy (non-hydrogen) atoms. The molecule has 2 aromatic rings. The van der Waals surface area contributed by atoms with E-state index in [9.17, 15) is 38.4 Å². The third kappa shape index (κ3) is 10.8. The summed E-state index contributed by atoms with van der Waals surface area (Å²) in [6.07, 6.45) is -2.35. The van der Waals surface area contributed by atoms with E-state index in [2.05, 4.69) is 28.1 Å². The summed E-state index contributed by atoms with van der Waals surface area (Å²) in [5.41, 5.74) is 5.89. The molecule has 17 nitrogen and oxygen atoms in total. The Morgan fingerprint density at radius 2 is 1.71 bits per heavy atom. The first-order valence-electron chi connectivity index (χ1n) is 7.86. The summed E-state index contributed by atoms with van der Waals surface area (Å²) >= 11 is 5.92. The molecule has 3 heterocycles. The van der Waals surface area contributed by atoms with E-state index in [-0.39, 0.29) is 104 Å². The Kier molecular flexibility index (Phi) is 16.1. The third-order valence-electron chi connectivity index (χ3n) is 3.71. The summed E-state index contributed by atoms with van der Waals surface area (Å²) in [4.78, 5) is 55.0. The number of halogens is 1. The molecule has 0 spiro atoms. The first-order chi connectivity index (χ1) is 14.2. The molecule has 1 fully saturated rings. The molecule has 174 valence electrons. The molecule has 0 radical (unpaired) electrons. The SMILES string of the molecule is Nc1nc(Cl)c2ncn(C3CC(O)C(COP(=O)([O-])OP(=O)([O-])OP(=O)([O-])[O-])O3)c2n1.[Li+].[Li+].[Li+].[Li+]. The summed E-state index contributed by atoms with van der Waals surface area (Å²) < 4.78 is 50.6. The molecule has 5 unspecified atom stereocenters. The predicted octanol–water partition coefficient (Wildman–Crippen LogP) is -14.5. The van der Waals surface area contributed by atoms with Crippen molar-refractivity contribution in [3.05, 3.63) is 11.5 Å². The van der Waals surface area contributed by atoms with Crippen molar-refractivity contribution in [1.29, 1.82) is 0 Å². The molecular formula is C10H11ClLi4N5O12P3. The van der Waals surface area contributed by atoms with Crippen molar-refractivity contribution in [3.8, 4) is 0 Å². The normalized spacial score (nSPS) is 23.1. The van der Waals surface area contributed by atoms with Gasteiger partial charge in [-0.15, -0.1) is 0 Å². The van der Waals surface area contributed by atoms with Gasteiger partial charge in [-0.3, -0.25) is 18.0 Å². The van der Waals surface area contributed by atoms with E-state index in [0.717, 1.165) is 0 Å². The third-order valence-corrected chi connectivity index (χ3v) is 7.64. The standard InChI is InChI=1S/C10H15ClN5O12P3.4Li/c11-8-7-9(15-10(12)14-8)16(3-13-7)6-1-4(17)5(26-6)2-25-30(21,22)28-31(23,24)27-29(18,19)20;;;;/h3-6,17H,1-2H2,(H,21,22)(H,23,24)(H2,12,14,15)(H2,18,19,20);;;;/q;4*+1/p-4. The Morgan fingerprint density at radius 3 is 2.29 bits per heavy atom. The van der Waals surface area contributed by atoms with Gasteiger partial charge in [0.2, 0.25) is 5.95 Å². The monoisotopic (exact) mass is 549 g/mol. The molecule has 5 atom stereocenters. The van der Waals surface area contributed by atoms with Gasteiger partial charge >= 0.3 is 75.4 Å². The van der Waals surface area contributed by atoms with Crippen molar-refractivity contribution >= 4 is 52.2 Å². The zero-order chi connectivity index (χ0) is 23.2. The number of nitrogens with two attached hydrogens (primary N) is 1. The van der Waals surface area contributed by atoms with Crippen LogP contribution in [0, 0.1) is 0 Å². The minimum Gasteiger partial charge on any atom is -0.790 e. The number of ether oxygens (including phenoxy) is 1. The van der Waals surface area contributed by atoms with E-state index in [1.54, 1.807) is 0 Å². The zero-order valence-electron chi connectivity index (χ0n) is 18.7. The number of hydrogen-bond acceptors (Lipinski definition) is 16. The second kappa shape index (κ2) is 14.7. The van der Waals surface area contributed by atoms with Crippen LogP contribution in [-0.4, -0.2) is 43.4 Å². The van der Waals surface area contributed by atoms with Crippen LogP contribution in [0.25, 0.3) is 11.2 Å². The maximum Gasteiger partial charge on any atom is 1.00 e. The molecule has 0 saturated carbocycles. The minimum atomic E-state index is -6.10. The minimum absolute atomic E-state index is 0. The molecule has 3 N–H and O–H groups in total. The summed E-state index contributed by atoms with van der Waals surface area (Å²) in [6.45, 7) is -0.935. The van der Waals surface area contributed by atoms with Gasteiger partial charge in [-0.1, -0.05) is 11.6 Å². The Balaban J connectivity index is 0. The predicted molar refractivity (Wildman–Crippen MR) is 90.2 cm³/mol. The number of nitrogen functional groups attached to an aromatic ring is 1. The smallest absolute Gasteiger partial charge is 0.790 e. The average Bonchev–Trinajstić information content (AvgIpc) is 3.13. The van der Waals surface area contributed by atoms with Crippen molar-refractivity contribution in [2.75, 3.05) is 12.3 Å². The van der Waals surface area contributed by atoms with Gasteiger partial charge in [0.05, 0.1) is 26.9 Å². The number of hydrogen-bond donors (Lipinski definition) is 2. The van der Waals surface area contributed by atoms with E-state index in [1.165, 1.54) is 10.9 Å². The van der Waals surface area contributed by atoms with Crippen LogP contribution in [0.15, 0.2) is 6.33 Å². The first-order valence-corrected chi connectivity index (χ1v) is 12.6. The fourth-order valence-corrected chi connectivity index (χ4v) is 5.68. The molecule has 0 amide bonds. The summed E-state index contributed by atoms with van der Waals surface area (Å²) in [7, 11) is -17.9. The summed E-state index contributed by atoms with van der Waals surface area (Å²) in [6, 6.07) is 0. The van der Waals surface area contributed by atoms with E-state index in [1.807, 2.05) is 0 Å². The van der Waals surface area contributed by atoms with Gasteiger partial charge in [-0.25, -0.2) is 9.29 Å². The van der Waals surface area contributed by atoms with E-state index < -0.39 is 48.5 Å². The van der Waals surface area contributed by atoms with Gasteiger partial charge in [0.25, 0.3) is 15.6 Å². The van der Waals surface area contributed by atoms with Crippen molar-refractivity contribution in [3.63, 3.8) is 0 Å². The number of aliphatic hydroxyl groups is 1. The number of aliphatic hydroxyl groups excluding tert-OH is 1. The second-order valence-corrected chi connectivity index (χ2v) is 10.5. The van der Waals surface area contributed by atoms with Crippen LogP contribution in [0.4, 0.5) is 5.95 Å². The fraction of sp³-hybridized carbons (Fsp3) is 0.500. The van der Waals surface area contributed by atoms with Crippen LogP contribution >= 0.6 is 35.1 Å². The van der Waals surface area contributed by atoms with Crippen molar-refractivity contribution in [2.24, 2.45) is 0 Å². The molecule has 25 heteroatoms. The largest absolute Gasteiger partial charge is 1.00 e. The Labute approximate surface area is 250 Å². The molecule has 0 aliphatic carbocycles. The van der Waals surface area contributed by atoms with Crippen molar-refractivity contribution in [2.45, 2.75) is 24.9 Å². The molecule has 0 bridgehead atoms. The molecular weight excluding hydrogens is 538 g/mol. The van der Waals surface area contributed by atoms with Crippen LogP contribution in [0.3, 0.4) is 0 Å². The van der Waals surface area contributed by atoms with Crippen molar-refractivity contribution in [1.82, 2.24) is 19.5 Å². The number of phosphoric acid groups is 3. The molecule has 2 aromatic heterocycles. The first kappa shape index (κ1) is 38.5. The average molecular weight is 549 g/mol. The Hall–Kier alpha value is 1.36. The zero-order valence-corrected chi connectivity index (χ0v) is 22.2. The molecule has 1 saturated heterocycles. The molecule has 3 rings (SSSR count). The number of aromatic nitrogens is 4. The van der Waals surface area contributed by atoms with E-state index >= 15 is 0 Å². The fourth-order valence-electron chi connectivity index (χ4n) is 2.59. The number of rotatable bonds is 8. The topological polar surface area (TPSA) is 270 Å².